The minimum absolute atomic E-state index is 0.354. The highest BCUT2D eigenvalue weighted by atomic mass is 32.1. The van der Waals surface area contributed by atoms with Gasteiger partial charge in [-0.2, -0.15) is 0 Å². The number of thiazole rings is 1. The van der Waals surface area contributed by atoms with E-state index in [1.54, 1.807) is 5.38 Å². The van der Waals surface area contributed by atoms with Gasteiger partial charge < -0.3 is 10.6 Å². The van der Waals surface area contributed by atoms with E-state index in [1.807, 2.05) is 6.20 Å². The summed E-state index contributed by atoms with van der Waals surface area (Å²) in [4.78, 5) is 24.6. The minimum atomic E-state index is -0.465. The highest BCUT2D eigenvalue weighted by molar-refractivity contribution is 7.13. The first-order valence-corrected chi connectivity index (χ1v) is 8.70. The highest BCUT2D eigenvalue weighted by Crippen LogP contribution is 2.22. The number of amides is 1. The van der Waals surface area contributed by atoms with Crippen LogP contribution in [0.25, 0.3) is 0 Å². The summed E-state index contributed by atoms with van der Waals surface area (Å²) in [7, 11) is 0. The van der Waals surface area contributed by atoms with Gasteiger partial charge >= 0.3 is 0 Å². The average molecular weight is 331 g/mol. The van der Waals surface area contributed by atoms with Crippen molar-refractivity contribution in [3.63, 3.8) is 0 Å². The second-order valence-electron chi connectivity index (χ2n) is 5.65. The van der Waals surface area contributed by atoms with E-state index in [0.717, 1.165) is 50.0 Å². The van der Waals surface area contributed by atoms with Crippen LogP contribution in [0.5, 0.6) is 0 Å². The van der Waals surface area contributed by atoms with Gasteiger partial charge in [-0.1, -0.05) is 13.0 Å². The third-order valence-corrected chi connectivity index (χ3v) is 4.97. The molecule has 3 heterocycles. The molecule has 7 heteroatoms. The zero-order chi connectivity index (χ0) is 16.2. The molecule has 0 saturated carbocycles. The zero-order valence-electron chi connectivity index (χ0n) is 13.2. The Bertz CT molecular complexity index is 661. The number of aromatic nitrogens is 2. The van der Waals surface area contributed by atoms with Crippen molar-refractivity contribution in [3.05, 3.63) is 40.7 Å². The third-order valence-electron chi connectivity index (χ3n) is 4.07. The summed E-state index contributed by atoms with van der Waals surface area (Å²) < 4.78 is 0. The van der Waals surface area contributed by atoms with Gasteiger partial charge in [-0.05, 0) is 18.1 Å². The maximum atomic E-state index is 11.1. The quantitative estimate of drug-likeness (QED) is 0.899. The zero-order valence-corrected chi connectivity index (χ0v) is 14.1. The van der Waals surface area contributed by atoms with Gasteiger partial charge in [0.05, 0.1) is 5.69 Å². The standard InChI is InChI=1S/C16H21N5OS/c1-2-12-3-4-13(18-9-12)10-20-5-7-21(8-6-20)16-19-14(11-23-16)15(17)22/h3-4,9,11H,2,5-8,10H2,1H3,(H2,17,22). The Kier molecular flexibility index (Phi) is 4.88. The van der Waals surface area contributed by atoms with E-state index in [9.17, 15) is 4.79 Å². The molecule has 0 bridgehead atoms. The molecule has 2 aromatic rings. The first-order chi connectivity index (χ1) is 11.2. The second-order valence-corrected chi connectivity index (χ2v) is 6.49. The molecule has 0 spiro atoms. The predicted molar refractivity (Wildman–Crippen MR) is 91.7 cm³/mol. The van der Waals surface area contributed by atoms with E-state index in [4.69, 9.17) is 5.73 Å². The summed E-state index contributed by atoms with van der Waals surface area (Å²) in [6.07, 6.45) is 2.99. The van der Waals surface area contributed by atoms with Crippen molar-refractivity contribution in [3.8, 4) is 0 Å². The number of anilines is 1. The van der Waals surface area contributed by atoms with E-state index in [-0.39, 0.29) is 0 Å². The molecular formula is C16H21N5OS. The van der Waals surface area contributed by atoms with Crippen LogP contribution in [0.2, 0.25) is 0 Å². The lowest BCUT2D eigenvalue weighted by atomic mass is 10.2. The van der Waals surface area contributed by atoms with Gasteiger partial charge in [0.25, 0.3) is 5.91 Å². The lowest BCUT2D eigenvalue weighted by molar-refractivity contribution is 0.0996. The van der Waals surface area contributed by atoms with E-state index in [1.165, 1.54) is 16.9 Å². The number of aryl methyl sites for hydroxylation is 1. The molecule has 23 heavy (non-hydrogen) atoms. The van der Waals surface area contributed by atoms with Crippen LogP contribution in [0.15, 0.2) is 23.7 Å². The third kappa shape index (κ3) is 3.86. The number of pyridine rings is 1. The molecule has 3 rings (SSSR count). The number of carbonyl (C=O) groups excluding carboxylic acids is 1. The van der Waals surface area contributed by atoms with Gasteiger partial charge in [0.1, 0.15) is 5.69 Å². The Hall–Kier alpha value is -1.99. The SMILES string of the molecule is CCc1ccc(CN2CCN(c3nc(C(N)=O)cs3)CC2)nc1. The molecule has 0 radical (unpaired) electrons. The van der Waals surface area contributed by atoms with Crippen LogP contribution in [0.3, 0.4) is 0 Å². The number of rotatable bonds is 5. The van der Waals surface area contributed by atoms with Crippen molar-refractivity contribution in [2.75, 3.05) is 31.1 Å². The van der Waals surface area contributed by atoms with E-state index >= 15 is 0 Å². The smallest absolute Gasteiger partial charge is 0.268 e. The van der Waals surface area contributed by atoms with Crippen LogP contribution < -0.4 is 10.6 Å². The Morgan fingerprint density at radius 2 is 2.09 bits per heavy atom. The van der Waals surface area contributed by atoms with Gasteiger partial charge in [0.15, 0.2) is 5.13 Å². The van der Waals surface area contributed by atoms with Crippen molar-refractivity contribution in [2.24, 2.45) is 5.73 Å². The number of hydrogen-bond acceptors (Lipinski definition) is 6. The summed E-state index contributed by atoms with van der Waals surface area (Å²) in [5.41, 5.74) is 7.99. The number of nitrogens with two attached hydrogens (primary N) is 1. The lowest BCUT2D eigenvalue weighted by Gasteiger charge is -2.34. The fraction of sp³-hybridized carbons (Fsp3) is 0.438. The number of piperazine rings is 1. The number of hydrogen-bond donors (Lipinski definition) is 1. The molecule has 0 aromatic carbocycles. The molecule has 1 fully saturated rings. The maximum Gasteiger partial charge on any atom is 0.268 e. The first-order valence-electron chi connectivity index (χ1n) is 7.82. The Morgan fingerprint density at radius 1 is 1.30 bits per heavy atom. The largest absolute Gasteiger partial charge is 0.364 e. The van der Waals surface area contributed by atoms with E-state index in [0.29, 0.717) is 5.69 Å². The fourth-order valence-electron chi connectivity index (χ4n) is 2.61. The summed E-state index contributed by atoms with van der Waals surface area (Å²) in [5.74, 6) is -0.465. The molecule has 1 aliphatic rings. The topological polar surface area (TPSA) is 75.3 Å². The summed E-state index contributed by atoms with van der Waals surface area (Å²) >= 11 is 1.48. The van der Waals surface area contributed by atoms with Gasteiger partial charge in [0, 0.05) is 44.3 Å². The Morgan fingerprint density at radius 3 is 2.65 bits per heavy atom. The van der Waals surface area contributed by atoms with Crippen molar-refractivity contribution in [2.45, 2.75) is 19.9 Å². The summed E-state index contributed by atoms with van der Waals surface area (Å²) in [5, 5.41) is 2.60. The number of primary amides is 1. The van der Waals surface area contributed by atoms with Crippen molar-refractivity contribution >= 4 is 22.4 Å². The monoisotopic (exact) mass is 331 g/mol. The van der Waals surface area contributed by atoms with Crippen LogP contribution in [0, 0.1) is 0 Å². The van der Waals surface area contributed by atoms with Crippen LogP contribution in [-0.2, 0) is 13.0 Å². The van der Waals surface area contributed by atoms with Crippen molar-refractivity contribution in [1.82, 2.24) is 14.9 Å². The molecule has 1 aliphatic heterocycles. The molecule has 2 aromatic heterocycles. The summed E-state index contributed by atoms with van der Waals surface area (Å²) in [6, 6.07) is 4.27. The van der Waals surface area contributed by atoms with Crippen molar-refractivity contribution in [1.29, 1.82) is 0 Å². The normalized spacial score (nSPS) is 15.8. The van der Waals surface area contributed by atoms with Crippen LogP contribution in [0.1, 0.15) is 28.7 Å². The van der Waals surface area contributed by atoms with E-state index in [2.05, 4.69) is 38.8 Å². The van der Waals surface area contributed by atoms with Gasteiger partial charge in [-0.3, -0.25) is 14.7 Å². The molecule has 0 atom stereocenters. The first kappa shape index (κ1) is 15.9. The average Bonchev–Trinajstić information content (AvgIpc) is 3.07. The van der Waals surface area contributed by atoms with E-state index < -0.39 is 5.91 Å². The molecule has 0 unspecified atom stereocenters. The van der Waals surface area contributed by atoms with Crippen LogP contribution >= 0.6 is 11.3 Å². The maximum absolute atomic E-state index is 11.1. The lowest BCUT2D eigenvalue weighted by Crippen LogP contribution is -2.46. The minimum Gasteiger partial charge on any atom is -0.364 e. The highest BCUT2D eigenvalue weighted by Gasteiger charge is 2.20. The number of nitrogens with zero attached hydrogens (tertiary/aromatic N) is 4. The van der Waals surface area contributed by atoms with Crippen LogP contribution in [-0.4, -0.2) is 47.0 Å². The number of carbonyl (C=O) groups is 1. The van der Waals surface area contributed by atoms with Gasteiger partial charge in [-0.25, -0.2) is 4.98 Å². The molecule has 1 saturated heterocycles. The molecule has 0 aliphatic carbocycles. The van der Waals surface area contributed by atoms with Gasteiger partial charge in [-0.15, -0.1) is 11.3 Å². The molecule has 122 valence electrons. The Labute approximate surface area is 140 Å². The summed E-state index contributed by atoms with van der Waals surface area (Å²) in [6.45, 7) is 6.74. The van der Waals surface area contributed by atoms with Gasteiger partial charge in [0.2, 0.25) is 0 Å². The fourth-order valence-corrected chi connectivity index (χ4v) is 3.48. The predicted octanol–water partition coefficient (Wildman–Crippen LogP) is 1.52. The molecule has 6 nitrogen and oxygen atoms in total. The molecular weight excluding hydrogens is 310 g/mol. The molecule has 1 amide bonds. The van der Waals surface area contributed by atoms with Crippen LogP contribution in [0.4, 0.5) is 5.13 Å². The molecule has 2 N–H and O–H groups in total. The Balaban J connectivity index is 1.54. The van der Waals surface area contributed by atoms with Crippen molar-refractivity contribution < 1.29 is 4.79 Å². The second kappa shape index (κ2) is 7.06.